The minimum atomic E-state index is -1.09. The van der Waals surface area contributed by atoms with E-state index in [2.05, 4.69) is 20.7 Å². The highest BCUT2D eigenvalue weighted by Crippen LogP contribution is 2.21. The van der Waals surface area contributed by atoms with Crippen LogP contribution in [0.3, 0.4) is 0 Å². The molecule has 0 unspecified atom stereocenters. The summed E-state index contributed by atoms with van der Waals surface area (Å²) in [6.45, 7) is 11.4. The molecule has 13 heteroatoms. The number of amides is 2. The van der Waals surface area contributed by atoms with Crippen LogP contribution in [0.15, 0.2) is 59.7 Å². The Morgan fingerprint density at radius 1 is 0.863 bits per heavy atom. The first-order chi connectivity index (χ1) is 24.2. The Bertz CT molecular complexity index is 1470. The summed E-state index contributed by atoms with van der Waals surface area (Å²) in [5.41, 5.74) is 9.33. The van der Waals surface area contributed by atoms with E-state index in [1.807, 2.05) is 44.2 Å². The molecule has 0 aliphatic heterocycles. The van der Waals surface area contributed by atoms with Crippen molar-refractivity contribution in [2.45, 2.75) is 91.9 Å². The van der Waals surface area contributed by atoms with Crippen LogP contribution in [0.2, 0.25) is 0 Å². The lowest BCUT2D eigenvalue weighted by Crippen LogP contribution is -2.47. The molecule has 0 radical (unpaired) electrons. The molecule has 278 valence electrons. The number of hydrogen-bond acceptors (Lipinski definition) is 9. The van der Waals surface area contributed by atoms with Gasteiger partial charge in [0, 0.05) is 36.8 Å². The molecule has 0 saturated heterocycles. The SMILES string of the molecule is CC(=O)C[C@H](CC(C)C)C(=O)N[C@@H](Cc1ccc(OCc2ccccc2)cc1)C(=O)C[C@@H](CC(=O)OC(C)(C)C)C(=O)NCCOCCN=[N+]=[N-]. The number of Topliss-reactive ketones (excluding diaryl/α,β-unsaturated/α-hetero) is 2. The summed E-state index contributed by atoms with van der Waals surface area (Å²) < 4.78 is 16.7. The Labute approximate surface area is 300 Å². The van der Waals surface area contributed by atoms with E-state index in [1.165, 1.54) is 6.92 Å². The van der Waals surface area contributed by atoms with E-state index in [1.54, 1.807) is 45.0 Å². The maximum absolute atomic E-state index is 14.0. The molecule has 3 atom stereocenters. The summed E-state index contributed by atoms with van der Waals surface area (Å²) in [7, 11) is 0. The molecule has 0 fully saturated rings. The lowest BCUT2D eigenvalue weighted by atomic mass is 9.89. The maximum atomic E-state index is 14.0. The summed E-state index contributed by atoms with van der Waals surface area (Å²) in [5, 5.41) is 8.96. The number of nitrogens with zero attached hydrogens (tertiary/aromatic N) is 3. The van der Waals surface area contributed by atoms with Gasteiger partial charge in [0.2, 0.25) is 11.8 Å². The third kappa shape index (κ3) is 18.2. The van der Waals surface area contributed by atoms with Crippen LogP contribution in [0.1, 0.15) is 78.4 Å². The Hall–Kier alpha value is -4.74. The lowest BCUT2D eigenvalue weighted by molar-refractivity contribution is -0.157. The molecule has 2 N–H and O–H groups in total. The molecule has 0 heterocycles. The van der Waals surface area contributed by atoms with Crippen molar-refractivity contribution in [1.82, 2.24) is 10.6 Å². The van der Waals surface area contributed by atoms with E-state index in [0.717, 1.165) is 11.1 Å². The predicted molar refractivity (Wildman–Crippen MR) is 193 cm³/mol. The Balaban J connectivity index is 2.28. The van der Waals surface area contributed by atoms with Gasteiger partial charge in [-0.3, -0.25) is 19.2 Å². The molecular weight excluding hydrogens is 654 g/mol. The molecule has 0 saturated carbocycles. The first-order valence-electron chi connectivity index (χ1n) is 17.3. The number of nitrogens with one attached hydrogen (secondary N) is 2. The van der Waals surface area contributed by atoms with Crippen molar-refractivity contribution in [3.63, 3.8) is 0 Å². The first-order valence-corrected chi connectivity index (χ1v) is 17.3. The standard InChI is InChI=1S/C38H53N5O8/c1-26(2)20-30(21-27(3)44)37(48)42-33(22-28-12-14-32(15-13-28)50-25-29-10-8-7-9-11-29)34(45)23-31(24-35(46)51-38(4,5)6)36(47)40-16-18-49-19-17-41-43-39/h7-15,26,30-31,33H,16-25H2,1-6H3,(H,40,47)(H,42,48)/t30-,31-,33-/m0/s1. The van der Waals surface area contributed by atoms with Gasteiger partial charge >= 0.3 is 5.97 Å². The van der Waals surface area contributed by atoms with Crippen LogP contribution in [0.4, 0.5) is 0 Å². The molecular formula is C38H53N5O8. The normalized spacial score (nSPS) is 12.9. The van der Waals surface area contributed by atoms with Crippen LogP contribution in [0.25, 0.3) is 10.4 Å². The van der Waals surface area contributed by atoms with Crippen LogP contribution >= 0.6 is 0 Å². The van der Waals surface area contributed by atoms with Crippen LogP contribution in [0.5, 0.6) is 5.75 Å². The van der Waals surface area contributed by atoms with Crippen molar-refractivity contribution >= 4 is 29.4 Å². The second kappa shape index (κ2) is 22.2. The largest absolute Gasteiger partial charge is 0.489 e. The molecule has 2 rings (SSSR count). The number of hydrogen-bond donors (Lipinski definition) is 2. The molecule has 2 aromatic carbocycles. The number of rotatable bonds is 23. The zero-order valence-electron chi connectivity index (χ0n) is 30.7. The quantitative estimate of drug-likeness (QED) is 0.0485. The third-order valence-corrected chi connectivity index (χ3v) is 7.57. The van der Waals surface area contributed by atoms with Gasteiger partial charge in [-0.1, -0.05) is 61.4 Å². The number of esters is 1. The fourth-order valence-corrected chi connectivity index (χ4v) is 5.30. The van der Waals surface area contributed by atoms with Gasteiger partial charge in [0.1, 0.15) is 23.7 Å². The monoisotopic (exact) mass is 707 g/mol. The molecule has 0 bridgehead atoms. The van der Waals surface area contributed by atoms with Crippen LogP contribution < -0.4 is 15.4 Å². The van der Waals surface area contributed by atoms with Crippen LogP contribution in [-0.4, -0.2) is 67.3 Å². The molecule has 0 spiro atoms. The second-order valence-electron chi connectivity index (χ2n) is 13.9. The van der Waals surface area contributed by atoms with E-state index in [-0.39, 0.29) is 63.7 Å². The lowest BCUT2D eigenvalue weighted by Gasteiger charge is -2.25. The summed E-state index contributed by atoms with van der Waals surface area (Å²) in [6.07, 6.45) is -0.117. The van der Waals surface area contributed by atoms with Gasteiger partial charge in [0.15, 0.2) is 5.78 Å². The van der Waals surface area contributed by atoms with Gasteiger partial charge in [0.05, 0.1) is 31.6 Å². The zero-order valence-corrected chi connectivity index (χ0v) is 30.7. The number of ketones is 2. The minimum absolute atomic E-state index is 0.0347. The maximum Gasteiger partial charge on any atom is 0.307 e. The average molecular weight is 708 g/mol. The number of ether oxygens (including phenoxy) is 3. The summed E-state index contributed by atoms with van der Waals surface area (Å²) >= 11 is 0. The highest BCUT2D eigenvalue weighted by molar-refractivity contribution is 5.95. The van der Waals surface area contributed by atoms with Gasteiger partial charge in [-0.05, 0) is 75.2 Å². The highest BCUT2D eigenvalue weighted by Gasteiger charge is 2.32. The Morgan fingerprint density at radius 2 is 1.55 bits per heavy atom. The summed E-state index contributed by atoms with van der Waals surface area (Å²) in [5.74, 6) is -3.18. The predicted octanol–water partition coefficient (Wildman–Crippen LogP) is 5.68. The first kappa shape index (κ1) is 42.4. The van der Waals surface area contributed by atoms with E-state index in [9.17, 15) is 24.0 Å². The van der Waals surface area contributed by atoms with E-state index in [0.29, 0.717) is 18.8 Å². The fourth-order valence-electron chi connectivity index (χ4n) is 5.30. The minimum Gasteiger partial charge on any atom is -0.489 e. The van der Waals surface area contributed by atoms with Crippen molar-refractivity contribution in [2.24, 2.45) is 22.9 Å². The molecule has 0 aliphatic rings. The van der Waals surface area contributed by atoms with Gasteiger partial charge in [-0.15, -0.1) is 0 Å². The van der Waals surface area contributed by atoms with Crippen molar-refractivity contribution in [1.29, 1.82) is 0 Å². The molecule has 13 nitrogen and oxygen atoms in total. The van der Waals surface area contributed by atoms with Crippen molar-refractivity contribution in [3.8, 4) is 5.75 Å². The van der Waals surface area contributed by atoms with E-state index in [4.69, 9.17) is 19.7 Å². The summed E-state index contributed by atoms with van der Waals surface area (Å²) in [4.78, 5) is 68.5. The molecule has 2 amide bonds. The van der Waals surface area contributed by atoms with Crippen molar-refractivity contribution in [2.75, 3.05) is 26.3 Å². The smallest absolute Gasteiger partial charge is 0.307 e. The third-order valence-electron chi connectivity index (χ3n) is 7.57. The van der Waals surface area contributed by atoms with E-state index < -0.39 is 47.0 Å². The van der Waals surface area contributed by atoms with E-state index >= 15 is 0 Å². The number of carbonyl (C=O) groups excluding carboxylic acids is 5. The number of azide groups is 1. The molecule has 51 heavy (non-hydrogen) atoms. The van der Waals surface area contributed by atoms with Crippen LogP contribution in [0, 0.1) is 17.8 Å². The van der Waals surface area contributed by atoms with Crippen LogP contribution in [-0.2, 0) is 46.5 Å². The molecule has 0 aromatic heterocycles. The Morgan fingerprint density at radius 3 is 2.16 bits per heavy atom. The number of carbonyl (C=O) groups is 5. The fraction of sp³-hybridized carbons (Fsp3) is 0.553. The van der Waals surface area contributed by atoms with Gasteiger partial charge in [0.25, 0.3) is 0 Å². The highest BCUT2D eigenvalue weighted by atomic mass is 16.6. The zero-order chi connectivity index (χ0) is 37.8. The van der Waals surface area contributed by atoms with Gasteiger partial charge in [-0.2, -0.15) is 0 Å². The summed E-state index contributed by atoms with van der Waals surface area (Å²) in [6, 6.07) is 15.9. The number of benzene rings is 2. The molecule has 2 aromatic rings. The average Bonchev–Trinajstić information content (AvgIpc) is 3.05. The van der Waals surface area contributed by atoms with Gasteiger partial charge in [-0.25, -0.2) is 0 Å². The second-order valence-corrected chi connectivity index (χ2v) is 13.9. The Kier molecular flexibility index (Phi) is 18.4. The van der Waals surface area contributed by atoms with Gasteiger partial charge < -0.3 is 29.6 Å². The molecule has 0 aliphatic carbocycles. The topological polar surface area (TPSA) is 186 Å². The van der Waals surface area contributed by atoms with Crippen molar-refractivity contribution < 1.29 is 38.2 Å². The van der Waals surface area contributed by atoms with Crippen molar-refractivity contribution in [3.05, 3.63) is 76.2 Å².